The maximum atomic E-state index is 12.8. The summed E-state index contributed by atoms with van der Waals surface area (Å²) in [5, 5.41) is 2.76. The highest BCUT2D eigenvalue weighted by Crippen LogP contribution is 2.37. The number of hydrogen-bond donors (Lipinski definition) is 1. The molecule has 0 bridgehead atoms. The van der Waals surface area contributed by atoms with Gasteiger partial charge in [-0.05, 0) is 72.0 Å². The third-order valence-electron chi connectivity index (χ3n) is 3.59. The zero-order valence-corrected chi connectivity index (χ0v) is 16.2. The number of nitrogens with one attached hydrogen (secondary N) is 1. The third-order valence-corrected chi connectivity index (χ3v) is 4.85. The monoisotopic (exact) mass is 442 g/mol. The SMILES string of the molecule is O=C1NC(=S)N(c2ccc(Cl)cc2)C(=O)C1=Cc1cccc(SC(F)(F)F)c1. The van der Waals surface area contributed by atoms with Crippen molar-refractivity contribution in [3.63, 3.8) is 0 Å². The Bertz CT molecular complexity index is 991. The van der Waals surface area contributed by atoms with Crippen molar-refractivity contribution in [2.24, 2.45) is 0 Å². The first kappa shape index (κ1) is 20.4. The third kappa shape index (κ3) is 4.73. The van der Waals surface area contributed by atoms with Crippen LogP contribution in [0.2, 0.25) is 5.02 Å². The quantitative estimate of drug-likeness (QED) is 0.321. The topological polar surface area (TPSA) is 49.4 Å². The number of halogens is 4. The molecule has 144 valence electrons. The highest BCUT2D eigenvalue weighted by Gasteiger charge is 2.34. The number of anilines is 1. The molecule has 0 aromatic heterocycles. The Kier molecular flexibility index (Phi) is 5.78. The average Bonchev–Trinajstić information content (AvgIpc) is 2.59. The van der Waals surface area contributed by atoms with Crippen molar-refractivity contribution >= 4 is 64.3 Å². The number of carbonyl (C=O) groups is 2. The molecule has 28 heavy (non-hydrogen) atoms. The number of benzene rings is 2. The van der Waals surface area contributed by atoms with Crippen LogP contribution in [-0.2, 0) is 9.59 Å². The normalized spacial score (nSPS) is 16.5. The summed E-state index contributed by atoms with van der Waals surface area (Å²) in [6.07, 6.45) is 1.22. The van der Waals surface area contributed by atoms with Gasteiger partial charge in [0.2, 0.25) is 0 Å². The first-order valence-corrected chi connectivity index (χ1v) is 9.27. The Morgan fingerprint density at radius 3 is 2.43 bits per heavy atom. The van der Waals surface area contributed by atoms with E-state index in [-0.39, 0.29) is 32.9 Å². The molecule has 4 nitrogen and oxygen atoms in total. The minimum atomic E-state index is -4.44. The van der Waals surface area contributed by atoms with Gasteiger partial charge in [-0.1, -0.05) is 23.7 Å². The zero-order chi connectivity index (χ0) is 20.5. The lowest BCUT2D eigenvalue weighted by Crippen LogP contribution is -2.54. The Morgan fingerprint density at radius 1 is 1.11 bits per heavy atom. The minimum absolute atomic E-state index is 0.0596. The zero-order valence-electron chi connectivity index (χ0n) is 13.8. The summed E-state index contributed by atoms with van der Waals surface area (Å²) < 4.78 is 37.7. The highest BCUT2D eigenvalue weighted by molar-refractivity contribution is 8.00. The summed E-state index contributed by atoms with van der Waals surface area (Å²) in [6.45, 7) is 0. The second-order valence-corrected chi connectivity index (χ2v) is 7.52. The fourth-order valence-electron chi connectivity index (χ4n) is 2.45. The Morgan fingerprint density at radius 2 is 1.79 bits per heavy atom. The van der Waals surface area contributed by atoms with E-state index in [9.17, 15) is 22.8 Å². The lowest BCUT2D eigenvalue weighted by molar-refractivity contribution is -0.122. The summed E-state index contributed by atoms with van der Waals surface area (Å²) in [5.41, 5.74) is -4.03. The summed E-state index contributed by atoms with van der Waals surface area (Å²) in [5.74, 6) is -1.42. The van der Waals surface area contributed by atoms with Gasteiger partial charge in [0.15, 0.2) is 5.11 Å². The molecule has 2 aromatic rings. The van der Waals surface area contributed by atoms with Gasteiger partial charge in [0.25, 0.3) is 11.8 Å². The molecule has 0 spiro atoms. The largest absolute Gasteiger partial charge is 0.446 e. The van der Waals surface area contributed by atoms with Crippen molar-refractivity contribution in [2.45, 2.75) is 10.4 Å². The number of rotatable bonds is 3. The standard InChI is InChI=1S/C18H10ClF3N2O2S2/c19-11-4-6-12(7-5-11)24-16(26)14(15(25)23-17(24)27)9-10-2-1-3-13(8-10)28-18(20,21)22/h1-9H,(H,23,25,27). The van der Waals surface area contributed by atoms with E-state index in [0.29, 0.717) is 10.7 Å². The molecule has 3 rings (SSSR count). The van der Waals surface area contributed by atoms with E-state index in [1.807, 2.05) is 0 Å². The lowest BCUT2D eigenvalue weighted by Gasteiger charge is -2.29. The number of nitrogens with zero attached hydrogens (tertiary/aromatic N) is 1. The van der Waals surface area contributed by atoms with Crippen LogP contribution in [0, 0.1) is 0 Å². The first-order chi connectivity index (χ1) is 13.1. The van der Waals surface area contributed by atoms with Crippen molar-refractivity contribution in [3.8, 4) is 0 Å². The predicted octanol–water partition coefficient (Wildman–Crippen LogP) is 4.78. The van der Waals surface area contributed by atoms with Gasteiger partial charge in [0.1, 0.15) is 5.57 Å². The van der Waals surface area contributed by atoms with Gasteiger partial charge in [0.05, 0.1) is 5.69 Å². The first-order valence-electron chi connectivity index (χ1n) is 7.67. The number of alkyl halides is 3. The molecule has 1 heterocycles. The molecule has 0 aliphatic carbocycles. The Hall–Kier alpha value is -2.36. The van der Waals surface area contributed by atoms with E-state index < -0.39 is 17.3 Å². The molecular formula is C18H10ClF3N2O2S2. The van der Waals surface area contributed by atoms with Crippen LogP contribution in [0.25, 0.3) is 6.08 Å². The van der Waals surface area contributed by atoms with E-state index in [2.05, 4.69) is 5.32 Å². The average molecular weight is 443 g/mol. The van der Waals surface area contributed by atoms with Crippen LogP contribution in [-0.4, -0.2) is 22.4 Å². The summed E-state index contributed by atoms with van der Waals surface area (Å²) in [6, 6.07) is 11.7. The van der Waals surface area contributed by atoms with Crippen LogP contribution in [0.15, 0.2) is 59.0 Å². The lowest BCUT2D eigenvalue weighted by atomic mass is 10.1. The molecule has 1 fully saturated rings. The number of thioether (sulfide) groups is 1. The maximum absolute atomic E-state index is 12.8. The van der Waals surface area contributed by atoms with E-state index in [0.717, 1.165) is 4.90 Å². The van der Waals surface area contributed by atoms with Crippen LogP contribution >= 0.6 is 35.6 Å². The maximum Gasteiger partial charge on any atom is 0.446 e. The summed E-state index contributed by atoms with van der Waals surface area (Å²) in [7, 11) is 0. The van der Waals surface area contributed by atoms with Crippen molar-refractivity contribution in [2.75, 3.05) is 4.90 Å². The molecule has 2 aromatic carbocycles. The summed E-state index contributed by atoms with van der Waals surface area (Å²) in [4.78, 5) is 26.1. The Labute approximate surface area is 172 Å². The predicted molar refractivity (Wildman–Crippen MR) is 106 cm³/mol. The molecule has 1 aliphatic rings. The van der Waals surface area contributed by atoms with Gasteiger partial charge in [-0.25, -0.2) is 0 Å². The van der Waals surface area contributed by atoms with Crippen LogP contribution < -0.4 is 10.2 Å². The van der Waals surface area contributed by atoms with Gasteiger partial charge < -0.3 is 0 Å². The molecule has 1 saturated heterocycles. The van der Waals surface area contributed by atoms with Crippen molar-refractivity contribution in [1.82, 2.24) is 5.32 Å². The van der Waals surface area contributed by atoms with E-state index in [4.69, 9.17) is 23.8 Å². The second kappa shape index (κ2) is 7.94. The number of thiocarbonyl (C=S) groups is 1. The molecule has 2 amide bonds. The molecule has 1 aliphatic heterocycles. The molecule has 10 heteroatoms. The molecule has 1 N–H and O–H groups in total. The fraction of sp³-hybridized carbons (Fsp3) is 0.0556. The van der Waals surface area contributed by atoms with Crippen molar-refractivity contribution in [1.29, 1.82) is 0 Å². The van der Waals surface area contributed by atoms with E-state index in [1.165, 1.54) is 30.3 Å². The molecule has 0 unspecified atom stereocenters. The van der Waals surface area contributed by atoms with Crippen LogP contribution in [0.5, 0.6) is 0 Å². The highest BCUT2D eigenvalue weighted by atomic mass is 35.5. The number of hydrogen-bond acceptors (Lipinski definition) is 4. The van der Waals surface area contributed by atoms with E-state index in [1.54, 1.807) is 24.3 Å². The number of amides is 2. The second-order valence-electron chi connectivity index (χ2n) is 5.55. The molecule has 0 radical (unpaired) electrons. The van der Waals surface area contributed by atoms with Gasteiger partial charge in [-0.3, -0.25) is 19.8 Å². The smallest absolute Gasteiger partial charge is 0.298 e. The Balaban J connectivity index is 1.95. The minimum Gasteiger partial charge on any atom is -0.298 e. The van der Waals surface area contributed by atoms with Gasteiger partial charge >= 0.3 is 5.51 Å². The molecular weight excluding hydrogens is 433 g/mol. The summed E-state index contributed by atoms with van der Waals surface area (Å²) >= 11 is 10.6. The van der Waals surface area contributed by atoms with Crippen LogP contribution in [0.1, 0.15) is 5.56 Å². The van der Waals surface area contributed by atoms with Crippen LogP contribution in [0.3, 0.4) is 0 Å². The van der Waals surface area contributed by atoms with Gasteiger partial charge in [0, 0.05) is 9.92 Å². The van der Waals surface area contributed by atoms with Gasteiger partial charge in [-0.15, -0.1) is 0 Å². The molecule has 0 atom stereocenters. The number of carbonyl (C=O) groups excluding carboxylic acids is 2. The van der Waals surface area contributed by atoms with Crippen molar-refractivity contribution in [3.05, 3.63) is 64.7 Å². The van der Waals surface area contributed by atoms with Crippen molar-refractivity contribution < 1.29 is 22.8 Å². The molecule has 0 saturated carbocycles. The van der Waals surface area contributed by atoms with Crippen LogP contribution in [0.4, 0.5) is 18.9 Å². The van der Waals surface area contributed by atoms with Gasteiger partial charge in [-0.2, -0.15) is 13.2 Å². The van der Waals surface area contributed by atoms with E-state index >= 15 is 0 Å². The fourth-order valence-corrected chi connectivity index (χ4v) is 3.47.